The monoisotopic (exact) mass is 276 g/mol. The van der Waals surface area contributed by atoms with E-state index in [9.17, 15) is 0 Å². The van der Waals surface area contributed by atoms with Gasteiger partial charge in [-0.05, 0) is 31.0 Å². The maximum Gasteiger partial charge on any atom is 0.226 e. The quantitative estimate of drug-likeness (QED) is 0.779. The van der Waals surface area contributed by atoms with Crippen molar-refractivity contribution in [1.29, 1.82) is 0 Å². The van der Waals surface area contributed by atoms with E-state index in [1.165, 1.54) is 5.56 Å². The van der Waals surface area contributed by atoms with Crippen LogP contribution in [0.3, 0.4) is 0 Å². The molecule has 19 heavy (non-hydrogen) atoms. The number of benzene rings is 1. The number of halogens is 1. The number of aromatic nitrogens is 2. The van der Waals surface area contributed by atoms with Gasteiger partial charge >= 0.3 is 0 Å². The van der Waals surface area contributed by atoms with E-state index in [0.29, 0.717) is 16.9 Å². The van der Waals surface area contributed by atoms with Gasteiger partial charge in [-0.15, -0.1) is 0 Å². The molecule has 0 unspecified atom stereocenters. The highest BCUT2D eigenvalue weighted by molar-refractivity contribution is 6.30. The number of nitrogens with zero attached hydrogens (tertiary/aromatic N) is 2. The molecule has 0 aliphatic rings. The van der Waals surface area contributed by atoms with E-state index in [1.807, 2.05) is 38.1 Å². The van der Waals surface area contributed by atoms with Gasteiger partial charge in [-0.25, -0.2) is 4.98 Å². The highest BCUT2D eigenvalue weighted by atomic mass is 35.5. The summed E-state index contributed by atoms with van der Waals surface area (Å²) in [6.45, 7) is 5.97. The normalized spacial score (nSPS) is 10.5. The second kappa shape index (κ2) is 6.02. The van der Waals surface area contributed by atoms with Gasteiger partial charge in [0.05, 0.1) is 0 Å². The van der Waals surface area contributed by atoms with Crippen LogP contribution >= 0.6 is 11.6 Å². The van der Waals surface area contributed by atoms with E-state index in [2.05, 4.69) is 16.9 Å². The van der Waals surface area contributed by atoms with Crippen LogP contribution in [0.5, 0.6) is 11.6 Å². The third-order valence-electron chi connectivity index (χ3n) is 2.95. The summed E-state index contributed by atoms with van der Waals surface area (Å²) in [7, 11) is 0. The van der Waals surface area contributed by atoms with E-state index < -0.39 is 0 Å². The summed E-state index contributed by atoms with van der Waals surface area (Å²) in [5.41, 5.74) is 2.04. The minimum absolute atomic E-state index is 0.451. The Bertz CT molecular complexity index is 567. The van der Waals surface area contributed by atoms with Crippen LogP contribution in [0.2, 0.25) is 5.15 Å². The van der Waals surface area contributed by atoms with Crippen molar-refractivity contribution in [3.63, 3.8) is 0 Å². The summed E-state index contributed by atoms with van der Waals surface area (Å²) in [6, 6.07) is 7.99. The van der Waals surface area contributed by atoms with Crippen LogP contribution in [0.1, 0.15) is 30.8 Å². The van der Waals surface area contributed by atoms with Gasteiger partial charge in [0.15, 0.2) is 0 Å². The van der Waals surface area contributed by atoms with Gasteiger partial charge in [0.2, 0.25) is 5.88 Å². The Labute approximate surface area is 118 Å². The van der Waals surface area contributed by atoms with Crippen molar-refractivity contribution in [2.24, 2.45) is 0 Å². The molecule has 0 aliphatic carbocycles. The number of ether oxygens (including phenoxy) is 1. The molecule has 2 aromatic rings. The highest BCUT2D eigenvalue weighted by Crippen LogP contribution is 2.27. The van der Waals surface area contributed by atoms with Crippen LogP contribution < -0.4 is 4.74 Å². The predicted octanol–water partition coefficient (Wildman–Crippen LogP) is 4.36. The maximum absolute atomic E-state index is 6.08. The first-order valence-corrected chi connectivity index (χ1v) is 6.81. The average Bonchev–Trinajstić information content (AvgIpc) is 2.44. The lowest BCUT2D eigenvalue weighted by Crippen LogP contribution is -2.00. The second-order valence-electron chi connectivity index (χ2n) is 4.31. The topological polar surface area (TPSA) is 35.0 Å². The third kappa shape index (κ3) is 3.24. The predicted molar refractivity (Wildman–Crippen MR) is 77.1 cm³/mol. The van der Waals surface area contributed by atoms with Crippen LogP contribution in [0.4, 0.5) is 0 Å². The molecule has 0 bridgehead atoms. The summed E-state index contributed by atoms with van der Waals surface area (Å²) in [5, 5.41) is 0.451. The molecule has 0 saturated heterocycles. The van der Waals surface area contributed by atoms with Gasteiger partial charge < -0.3 is 4.74 Å². The SMILES string of the molecule is CCc1ccc(Oc2nc(CC)nc(Cl)c2C)cc1. The molecule has 0 saturated carbocycles. The average molecular weight is 277 g/mol. The zero-order valence-electron chi connectivity index (χ0n) is 11.4. The molecule has 4 heteroatoms. The Kier molecular flexibility index (Phi) is 4.38. The van der Waals surface area contributed by atoms with Crippen LogP contribution in [0.15, 0.2) is 24.3 Å². The van der Waals surface area contributed by atoms with Crippen molar-refractivity contribution < 1.29 is 4.74 Å². The number of rotatable bonds is 4. The molecule has 0 spiro atoms. The molecule has 0 N–H and O–H groups in total. The molecule has 0 radical (unpaired) electrons. The Balaban J connectivity index is 2.28. The third-order valence-corrected chi connectivity index (χ3v) is 3.32. The first-order valence-electron chi connectivity index (χ1n) is 6.43. The maximum atomic E-state index is 6.08. The molecule has 1 aromatic carbocycles. The number of hydrogen-bond donors (Lipinski definition) is 0. The van der Waals surface area contributed by atoms with Crippen molar-refractivity contribution >= 4 is 11.6 Å². The number of hydrogen-bond acceptors (Lipinski definition) is 3. The van der Waals surface area contributed by atoms with E-state index in [1.54, 1.807) is 0 Å². The Morgan fingerprint density at radius 2 is 1.74 bits per heavy atom. The van der Waals surface area contributed by atoms with Gasteiger partial charge in [0.1, 0.15) is 16.7 Å². The van der Waals surface area contributed by atoms with Crippen molar-refractivity contribution in [3.8, 4) is 11.6 Å². The van der Waals surface area contributed by atoms with Crippen LogP contribution in [0, 0.1) is 6.92 Å². The molecule has 1 aromatic heterocycles. The van der Waals surface area contributed by atoms with E-state index in [4.69, 9.17) is 16.3 Å². The van der Waals surface area contributed by atoms with E-state index in [-0.39, 0.29) is 0 Å². The zero-order chi connectivity index (χ0) is 13.8. The van der Waals surface area contributed by atoms with Gasteiger partial charge in [-0.3, -0.25) is 0 Å². The van der Waals surface area contributed by atoms with Crippen LogP contribution in [0.25, 0.3) is 0 Å². The van der Waals surface area contributed by atoms with Gasteiger partial charge in [0.25, 0.3) is 0 Å². The molecule has 0 fully saturated rings. The van der Waals surface area contributed by atoms with Crippen LogP contribution in [-0.2, 0) is 12.8 Å². The standard InChI is InChI=1S/C15H17ClN2O/c1-4-11-6-8-12(9-7-11)19-15-10(3)14(16)17-13(5-2)18-15/h6-9H,4-5H2,1-3H3. The molecule has 0 atom stereocenters. The van der Waals surface area contributed by atoms with E-state index in [0.717, 1.165) is 24.2 Å². The Hall–Kier alpha value is -1.61. The molecule has 0 amide bonds. The van der Waals surface area contributed by atoms with Gasteiger partial charge in [-0.1, -0.05) is 37.6 Å². The Morgan fingerprint density at radius 3 is 2.32 bits per heavy atom. The summed E-state index contributed by atoms with van der Waals surface area (Å²) in [6.07, 6.45) is 1.74. The molecule has 100 valence electrons. The van der Waals surface area contributed by atoms with Crippen LogP contribution in [-0.4, -0.2) is 9.97 Å². The smallest absolute Gasteiger partial charge is 0.226 e. The lowest BCUT2D eigenvalue weighted by molar-refractivity contribution is 0.454. The lowest BCUT2D eigenvalue weighted by Gasteiger charge is -2.10. The highest BCUT2D eigenvalue weighted by Gasteiger charge is 2.10. The largest absolute Gasteiger partial charge is 0.439 e. The van der Waals surface area contributed by atoms with Crippen molar-refractivity contribution in [1.82, 2.24) is 9.97 Å². The molecule has 3 nitrogen and oxygen atoms in total. The summed E-state index contributed by atoms with van der Waals surface area (Å²) in [5.74, 6) is 1.98. The summed E-state index contributed by atoms with van der Waals surface area (Å²) in [4.78, 5) is 8.57. The fraction of sp³-hybridized carbons (Fsp3) is 0.333. The first-order chi connectivity index (χ1) is 9.13. The van der Waals surface area contributed by atoms with Gasteiger partial charge in [0, 0.05) is 12.0 Å². The molecular formula is C15H17ClN2O. The minimum atomic E-state index is 0.451. The van der Waals surface area contributed by atoms with E-state index >= 15 is 0 Å². The second-order valence-corrected chi connectivity index (χ2v) is 4.67. The fourth-order valence-corrected chi connectivity index (χ4v) is 1.85. The molecule has 2 rings (SSSR count). The van der Waals surface area contributed by atoms with Gasteiger partial charge in [-0.2, -0.15) is 4.98 Å². The Morgan fingerprint density at radius 1 is 1.05 bits per heavy atom. The number of aryl methyl sites for hydroxylation is 2. The van der Waals surface area contributed by atoms with Crippen molar-refractivity contribution in [2.75, 3.05) is 0 Å². The fourth-order valence-electron chi connectivity index (χ4n) is 1.67. The first kappa shape index (κ1) is 13.8. The molecular weight excluding hydrogens is 260 g/mol. The molecule has 0 aliphatic heterocycles. The molecule has 1 heterocycles. The lowest BCUT2D eigenvalue weighted by atomic mass is 10.2. The summed E-state index contributed by atoms with van der Waals surface area (Å²) >= 11 is 6.08. The van der Waals surface area contributed by atoms with Crippen molar-refractivity contribution in [3.05, 3.63) is 46.4 Å². The van der Waals surface area contributed by atoms with Crippen molar-refractivity contribution in [2.45, 2.75) is 33.6 Å². The zero-order valence-corrected chi connectivity index (χ0v) is 12.2. The minimum Gasteiger partial charge on any atom is -0.439 e. The summed E-state index contributed by atoms with van der Waals surface area (Å²) < 4.78 is 5.80.